The quantitative estimate of drug-likeness (QED) is 0.893. The SMILES string of the molecule is Cc1ccc(-n2nc(C(=O)O)c(=O)cc2C)c(F)c1. The van der Waals surface area contributed by atoms with Crippen molar-refractivity contribution in [1.29, 1.82) is 0 Å². The molecule has 0 unspecified atom stereocenters. The van der Waals surface area contributed by atoms with Gasteiger partial charge in [0, 0.05) is 11.8 Å². The van der Waals surface area contributed by atoms with Crippen LogP contribution in [-0.2, 0) is 0 Å². The zero-order valence-corrected chi connectivity index (χ0v) is 10.3. The molecule has 1 aromatic carbocycles. The van der Waals surface area contributed by atoms with E-state index in [9.17, 15) is 14.0 Å². The Balaban J connectivity index is 2.71. The molecule has 0 saturated heterocycles. The number of benzene rings is 1. The summed E-state index contributed by atoms with van der Waals surface area (Å²) in [6, 6.07) is 5.60. The van der Waals surface area contributed by atoms with Crippen molar-refractivity contribution in [3.05, 3.63) is 57.3 Å². The molecule has 0 aliphatic carbocycles. The van der Waals surface area contributed by atoms with E-state index in [2.05, 4.69) is 5.10 Å². The summed E-state index contributed by atoms with van der Waals surface area (Å²) < 4.78 is 15.0. The number of halogens is 1. The topological polar surface area (TPSA) is 72.2 Å². The number of nitrogens with zero attached hydrogens (tertiary/aromatic N) is 2. The van der Waals surface area contributed by atoms with E-state index in [1.165, 1.54) is 12.1 Å². The predicted octanol–water partition coefficient (Wildman–Crippen LogP) is 1.69. The zero-order valence-electron chi connectivity index (χ0n) is 10.3. The van der Waals surface area contributed by atoms with E-state index in [4.69, 9.17) is 5.11 Å². The van der Waals surface area contributed by atoms with E-state index in [1.54, 1.807) is 19.9 Å². The highest BCUT2D eigenvalue weighted by molar-refractivity contribution is 5.84. The van der Waals surface area contributed by atoms with Crippen LogP contribution in [0.25, 0.3) is 5.69 Å². The standard InChI is InChI=1S/C13H11FN2O3/c1-7-3-4-10(9(14)5-7)16-8(2)6-11(17)12(15-16)13(18)19/h3-6H,1-2H3,(H,18,19). The van der Waals surface area contributed by atoms with Crippen molar-refractivity contribution in [2.24, 2.45) is 0 Å². The van der Waals surface area contributed by atoms with Crippen molar-refractivity contribution in [2.75, 3.05) is 0 Å². The number of carbonyl (C=O) groups is 1. The van der Waals surface area contributed by atoms with Crippen molar-refractivity contribution < 1.29 is 14.3 Å². The number of aromatic nitrogens is 2. The highest BCUT2D eigenvalue weighted by Crippen LogP contribution is 2.15. The molecule has 0 aliphatic heterocycles. The van der Waals surface area contributed by atoms with E-state index in [-0.39, 0.29) is 5.69 Å². The molecule has 0 atom stereocenters. The first kappa shape index (κ1) is 12.9. The molecular formula is C13H11FN2O3. The second-order valence-corrected chi connectivity index (χ2v) is 4.17. The molecule has 1 heterocycles. The molecule has 0 fully saturated rings. The van der Waals surface area contributed by atoms with E-state index in [0.717, 1.165) is 16.3 Å². The maximum Gasteiger partial charge on any atom is 0.360 e. The Labute approximate surface area is 107 Å². The molecule has 0 bridgehead atoms. The molecule has 0 radical (unpaired) electrons. The number of hydrogen-bond acceptors (Lipinski definition) is 3. The van der Waals surface area contributed by atoms with Gasteiger partial charge in [0.15, 0.2) is 0 Å². The normalized spacial score (nSPS) is 10.5. The Bertz CT molecular complexity index is 722. The maximum atomic E-state index is 13.9. The van der Waals surface area contributed by atoms with Crippen molar-refractivity contribution in [3.63, 3.8) is 0 Å². The van der Waals surface area contributed by atoms with Crippen LogP contribution in [0.4, 0.5) is 4.39 Å². The minimum atomic E-state index is -1.44. The second-order valence-electron chi connectivity index (χ2n) is 4.17. The Morgan fingerprint density at radius 3 is 2.58 bits per heavy atom. The van der Waals surface area contributed by atoms with Gasteiger partial charge < -0.3 is 5.11 Å². The van der Waals surface area contributed by atoms with Crippen LogP contribution >= 0.6 is 0 Å². The number of hydrogen-bond donors (Lipinski definition) is 1. The lowest BCUT2D eigenvalue weighted by Crippen LogP contribution is -2.22. The van der Waals surface area contributed by atoms with Gasteiger partial charge in [-0.15, -0.1) is 0 Å². The van der Waals surface area contributed by atoms with Crippen LogP contribution < -0.4 is 5.43 Å². The van der Waals surface area contributed by atoms with Crippen molar-refractivity contribution in [3.8, 4) is 5.69 Å². The molecule has 0 aliphatic rings. The molecule has 6 heteroatoms. The molecule has 2 rings (SSSR count). The van der Waals surface area contributed by atoms with Crippen LogP contribution in [0, 0.1) is 19.7 Å². The molecule has 1 aromatic heterocycles. The van der Waals surface area contributed by atoms with Crippen molar-refractivity contribution >= 4 is 5.97 Å². The van der Waals surface area contributed by atoms with Crippen molar-refractivity contribution in [1.82, 2.24) is 9.78 Å². The Hall–Kier alpha value is -2.50. The van der Waals surface area contributed by atoms with Crippen LogP contribution in [0.3, 0.4) is 0 Å². The Morgan fingerprint density at radius 2 is 2.00 bits per heavy atom. The van der Waals surface area contributed by atoms with Crippen LogP contribution in [0.15, 0.2) is 29.1 Å². The molecule has 0 spiro atoms. The van der Waals surface area contributed by atoms with E-state index in [1.807, 2.05) is 0 Å². The van der Waals surface area contributed by atoms with Crippen LogP contribution in [0.5, 0.6) is 0 Å². The molecule has 5 nitrogen and oxygen atoms in total. The summed E-state index contributed by atoms with van der Waals surface area (Å²) in [6.45, 7) is 3.29. The van der Waals surface area contributed by atoms with E-state index in [0.29, 0.717) is 5.69 Å². The third kappa shape index (κ3) is 2.37. The number of rotatable bonds is 2. The minimum absolute atomic E-state index is 0.102. The fourth-order valence-electron chi connectivity index (χ4n) is 1.72. The highest BCUT2D eigenvalue weighted by Gasteiger charge is 2.15. The smallest absolute Gasteiger partial charge is 0.360 e. The van der Waals surface area contributed by atoms with Gasteiger partial charge in [0.1, 0.15) is 11.5 Å². The first-order chi connectivity index (χ1) is 8.90. The summed E-state index contributed by atoms with van der Waals surface area (Å²) in [5, 5.41) is 12.6. The van der Waals surface area contributed by atoms with Gasteiger partial charge >= 0.3 is 5.97 Å². The molecule has 2 aromatic rings. The molecular weight excluding hydrogens is 251 g/mol. The molecule has 0 saturated carbocycles. The van der Waals surface area contributed by atoms with Gasteiger partial charge in [-0.25, -0.2) is 13.9 Å². The van der Waals surface area contributed by atoms with Gasteiger partial charge in [0.05, 0.1) is 0 Å². The second kappa shape index (κ2) is 4.64. The summed E-state index contributed by atoms with van der Waals surface area (Å²) in [5.41, 5.74) is -0.138. The summed E-state index contributed by atoms with van der Waals surface area (Å²) in [7, 11) is 0. The average Bonchev–Trinajstić information content (AvgIpc) is 2.30. The lowest BCUT2D eigenvalue weighted by Gasteiger charge is -2.11. The van der Waals surface area contributed by atoms with Crippen LogP contribution in [-0.4, -0.2) is 20.9 Å². The van der Waals surface area contributed by atoms with Gasteiger partial charge in [-0.2, -0.15) is 5.10 Å². The van der Waals surface area contributed by atoms with Crippen LogP contribution in [0.1, 0.15) is 21.7 Å². The summed E-state index contributed by atoms with van der Waals surface area (Å²) in [6.07, 6.45) is 0. The fraction of sp³-hybridized carbons (Fsp3) is 0.154. The van der Waals surface area contributed by atoms with Gasteiger partial charge in [-0.05, 0) is 31.5 Å². The predicted molar refractivity (Wildman–Crippen MR) is 66.2 cm³/mol. The Morgan fingerprint density at radius 1 is 1.32 bits per heavy atom. The summed E-state index contributed by atoms with van der Waals surface area (Å²) in [4.78, 5) is 22.3. The molecule has 1 N–H and O–H groups in total. The third-order valence-electron chi connectivity index (χ3n) is 2.64. The van der Waals surface area contributed by atoms with E-state index < -0.39 is 22.9 Å². The van der Waals surface area contributed by atoms with Crippen LogP contribution in [0.2, 0.25) is 0 Å². The molecule has 98 valence electrons. The van der Waals surface area contributed by atoms with Crippen molar-refractivity contribution in [2.45, 2.75) is 13.8 Å². The lowest BCUT2D eigenvalue weighted by atomic mass is 10.2. The number of aryl methyl sites for hydroxylation is 2. The summed E-state index contributed by atoms with van der Waals surface area (Å²) in [5.74, 6) is -1.97. The Kier molecular flexibility index (Phi) is 3.16. The van der Waals surface area contributed by atoms with Gasteiger partial charge in [-0.1, -0.05) is 6.07 Å². The average molecular weight is 262 g/mol. The first-order valence-electron chi connectivity index (χ1n) is 5.51. The monoisotopic (exact) mass is 262 g/mol. The van der Waals surface area contributed by atoms with Gasteiger partial charge in [-0.3, -0.25) is 4.79 Å². The maximum absolute atomic E-state index is 13.9. The third-order valence-corrected chi connectivity index (χ3v) is 2.64. The number of carboxylic acids is 1. The molecule has 0 amide bonds. The fourth-order valence-corrected chi connectivity index (χ4v) is 1.72. The lowest BCUT2D eigenvalue weighted by molar-refractivity contribution is 0.0686. The minimum Gasteiger partial charge on any atom is -0.476 e. The first-order valence-corrected chi connectivity index (χ1v) is 5.51. The number of aromatic carboxylic acids is 1. The highest BCUT2D eigenvalue weighted by atomic mass is 19.1. The zero-order chi connectivity index (χ0) is 14.2. The largest absolute Gasteiger partial charge is 0.476 e. The summed E-state index contributed by atoms with van der Waals surface area (Å²) >= 11 is 0. The van der Waals surface area contributed by atoms with E-state index >= 15 is 0 Å². The molecule has 19 heavy (non-hydrogen) atoms. The van der Waals surface area contributed by atoms with Gasteiger partial charge in [0.25, 0.3) is 0 Å². The number of carboxylic acid groups (broad SMARTS) is 1. The van der Waals surface area contributed by atoms with Gasteiger partial charge in [0.2, 0.25) is 11.1 Å².